The maximum absolute atomic E-state index is 11.5. The Balaban J connectivity index is 2.55. The lowest BCUT2D eigenvalue weighted by molar-refractivity contribution is -0.148. The standard InChI is InChI=1S/C10H12N2O3/c1-10(9(14)15,7-4-5-7)12-8(13)3-2-6-11-12/h2-3,6-7H,4-5H2,1H3,(H,14,15). The van der Waals surface area contributed by atoms with E-state index in [1.54, 1.807) is 6.92 Å². The van der Waals surface area contributed by atoms with Crippen molar-refractivity contribution in [3.05, 3.63) is 28.7 Å². The minimum absolute atomic E-state index is 0.0163. The number of rotatable bonds is 3. The Bertz CT molecular complexity index is 450. The first-order chi connectivity index (χ1) is 7.06. The molecule has 1 aromatic rings. The van der Waals surface area contributed by atoms with Crippen LogP contribution >= 0.6 is 0 Å². The fourth-order valence-corrected chi connectivity index (χ4v) is 1.79. The maximum atomic E-state index is 11.5. The molecule has 0 radical (unpaired) electrons. The van der Waals surface area contributed by atoms with Crippen LogP contribution in [0.1, 0.15) is 19.8 Å². The smallest absolute Gasteiger partial charge is 0.331 e. The van der Waals surface area contributed by atoms with Crippen molar-refractivity contribution in [2.24, 2.45) is 5.92 Å². The van der Waals surface area contributed by atoms with Gasteiger partial charge >= 0.3 is 5.97 Å². The molecule has 1 aromatic heterocycles. The highest BCUT2D eigenvalue weighted by atomic mass is 16.4. The number of aliphatic carboxylic acids is 1. The van der Waals surface area contributed by atoms with E-state index in [1.165, 1.54) is 18.3 Å². The van der Waals surface area contributed by atoms with E-state index in [1.807, 2.05) is 0 Å². The highest BCUT2D eigenvalue weighted by Gasteiger charge is 2.50. The first kappa shape index (κ1) is 9.89. The van der Waals surface area contributed by atoms with Gasteiger partial charge in [-0.05, 0) is 31.7 Å². The van der Waals surface area contributed by atoms with Crippen LogP contribution in [0.4, 0.5) is 0 Å². The zero-order valence-electron chi connectivity index (χ0n) is 8.38. The third-order valence-corrected chi connectivity index (χ3v) is 2.96. The van der Waals surface area contributed by atoms with Crippen LogP contribution in [0.3, 0.4) is 0 Å². The van der Waals surface area contributed by atoms with Crippen molar-refractivity contribution >= 4 is 5.97 Å². The van der Waals surface area contributed by atoms with Crippen molar-refractivity contribution in [3.63, 3.8) is 0 Å². The molecule has 1 aliphatic carbocycles. The zero-order chi connectivity index (χ0) is 11.1. The summed E-state index contributed by atoms with van der Waals surface area (Å²) in [7, 11) is 0. The van der Waals surface area contributed by atoms with Gasteiger partial charge in [0.2, 0.25) is 0 Å². The van der Waals surface area contributed by atoms with Gasteiger partial charge in [-0.1, -0.05) is 0 Å². The number of carboxylic acids is 1. The molecule has 15 heavy (non-hydrogen) atoms. The van der Waals surface area contributed by atoms with E-state index < -0.39 is 11.5 Å². The molecule has 5 heteroatoms. The minimum atomic E-state index is -1.20. The Kier molecular flexibility index (Phi) is 2.10. The second-order valence-corrected chi connectivity index (χ2v) is 4.00. The summed E-state index contributed by atoms with van der Waals surface area (Å²) in [6.45, 7) is 1.56. The van der Waals surface area contributed by atoms with Crippen LogP contribution in [-0.2, 0) is 10.3 Å². The van der Waals surface area contributed by atoms with Crippen molar-refractivity contribution < 1.29 is 9.90 Å². The summed E-state index contributed by atoms with van der Waals surface area (Å²) in [6, 6.07) is 2.84. The Morgan fingerprint density at radius 2 is 2.33 bits per heavy atom. The first-order valence-electron chi connectivity index (χ1n) is 4.85. The highest BCUT2D eigenvalue weighted by molar-refractivity contribution is 5.77. The summed E-state index contributed by atoms with van der Waals surface area (Å²) >= 11 is 0. The van der Waals surface area contributed by atoms with E-state index in [4.69, 9.17) is 0 Å². The van der Waals surface area contributed by atoms with Gasteiger partial charge in [-0.15, -0.1) is 0 Å². The minimum Gasteiger partial charge on any atom is -0.479 e. The lowest BCUT2D eigenvalue weighted by atomic mass is 9.96. The van der Waals surface area contributed by atoms with Gasteiger partial charge in [0.1, 0.15) is 0 Å². The van der Waals surface area contributed by atoms with E-state index in [0.717, 1.165) is 17.5 Å². The number of hydrogen-bond acceptors (Lipinski definition) is 3. The maximum Gasteiger partial charge on any atom is 0.331 e. The number of hydrogen-bond donors (Lipinski definition) is 1. The van der Waals surface area contributed by atoms with Crippen LogP contribution in [0.2, 0.25) is 0 Å². The molecule has 1 unspecified atom stereocenters. The van der Waals surface area contributed by atoms with Crippen molar-refractivity contribution in [3.8, 4) is 0 Å². The molecule has 0 saturated heterocycles. The van der Waals surface area contributed by atoms with Gasteiger partial charge in [0.25, 0.3) is 5.56 Å². The fourth-order valence-electron chi connectivity index (χ4n) is 1.79. The second kappa shape index (κ2) is 3.18. The molecule has 1 aliphatic rings. The van der Waals surface area contributed by atoms with Crippen LogP contribution in [0.25, 0.3) is 0 Å². The quantitative estimate of drug-likeness (QED) is 0.782. The molecule has 0 amide bonds. The fraction of sp³-hybridized carbons (Fsp3) is 0.500. The number of carboxylic acid groups (broad SMARTS) is 1. The summed E-state index contributed by atoms with van der Waals surface area (Å²) in [4.78, 5) is 22.8. The lowest BCUT2D eigenvalue weighted by Crippen LogP contribution is -2.47. The van der Waals surface area contributed by atoms with Gasteiger partial charge in [-0.2, -0.15) is 5.10 Å². The molecule has 0 bridgehead atoms. The largest absolute Gasteiger partial charge is 0.479 e. The summed E-state index contributed by atoms with van der Waals surface area (Å²) in [6.07, 6.45) is 3.11. The number of nitrogens with zero attached hydrogens (tertiary/aromatic N) is 2. The van der Waals surface area contributed by atoms with Crippen LogP contribution in [-0.4, -0.2) is 20.9 Å². The van der Waals surface area contributed by atoms with E-state index in [0.29, 0.717) is 0 Å². The molecule has 1 saturated carbocycles. The first-order valence-corrected chi connectivity index (χ1v) is 4.85. The lowest BCUT2D eigenvalue weighted by Gasteiger charge is -2.25. The number of carbonyl (C=O) groups is 1. The average molecular weight is 208 g/mol. The van der Waals surface area contributed by atoms with Gasteiger partial charge in [0.05, 0.1) is 0 Å². The molecule has 1 heterocycles. The van der Waals surface area contributed by atoms with Crippen molar-refractivity contribution in [2.75, 3.05) is 0 Å². The van der Waals surface area contributed by atoms with Crippen LogP contribution in [0.15, 0.2) is 23.1 Å². The monoisotopic (exact) mass is 208 g/mol. The third kappa shape index (κ3) is 1.44. The third-order valence-electron chi connectivity index (χ3n) is 2.96. The van der Waals surface area contributed by atoms with E-state index in [-0.39, 0.29) is 11.5 Å². The molecule has 1 atom stereocenters. The summed E-state index contributed by atoms with van der Waals surface area (Å²) in [5.74, 6) is -0.978. The van der Waals surface area contributed by atoms with Gasteiger partial charge in [0.15, 0.2) is 5.54 Å². The normalized spacial score (nSPS) is 19.5. The van der Waals surface area contributed by atoms with Crippen molar-refractivity contribution in [1.29, 1.82) is 0 Å². The molecule has 0 aliphatic heterocycles. The zero-order valence-corrected chi connectivity index (χ0v) is 8.38. The van der Waals surface area contributed by atoms with Gasteiger partial charge in [-0.3, -0.25) is 4.79 Å². The van der Waals surface area contributed by atoms with Crippen LogP contribution < -0.4 is 5.56 Å². The van der Waals surface area contributed by atoms with E-state index in [9.17, 15) is 14.7 Å². The molecule has 5 nitrogen and oxygen atoms in total. The van der Waals surface area contributed by atoms with Crippen LogP contribution in [0.5, 0.6) is 0 Å². The van der Waals surface area contributed by atoms with E-state index in [2.05, 4.69) is 5.10 Å². The van der Waals surface area contributed by atoms with Crippen molar-refractivity contribution in [1.82, 2.24) is 9.78 Å². The van der Waals surface area contributed by atoms with Crippen LogP contribution in [0, 0.1) is 5.92 Å². The molecule has 2 rings (SSSR count). The Hall–Kier alpha value is -1.65. The van der Waals surface area contributed by atoms with E-state index >= 15 is 0 Å². The summed E-state index contributed by atoms with van der Waals surface area (Å²) in [5, 5.41) is 13.1. The topological polar surface area (TPSA) is 72.2 Å². The predicted molar refractivity (Wildman–Crippen MR) is 52.5 cm³/mol. The molecular weight excluding hydrogens is 196 g/mol. The van der Waals surface area contributed by atoms with Crippen molar-refractivity contribution in [2.45, 2.75) is 25.3 Å². The summed E-state index contributed by atoms with van der Waals surface area (Å²) < 4.78 is 1.08. The average Bonchev–Trinajstić information content (AvgIpc) is 3.00. The Morgan fingerprint density at radius 3 is 2.80 bits per heavy atom. The Morgan fingerprint density at radius 1 is 1.67 bits per heavy atom. The SMILES string of the molecule is CC(C(=O)O)(C1CC1)n1ncccc1=O. The second-order valence-electron chi connectivity index (χ2n) is 4.00. The van der Waals surface area contributed by atoms with Gasteiger partial charge in [-0.25, -0.2) is 9.48 Å². The Labute approximate surface area is 86.4 Å². The highest BCUT2D eigenvalue weighted by Crippen LogP contribution is 2.43. The van der Waals surface area contributed by atoms with Gasteiger partial charge < -0.3 is 5.11 Å². The summed E-state index contributed by atoms with van der Waals surface area (Å²) in [5.41, 5.74) is -1.56. The molecular formula is C10H12N2O3. The molecule has 1 N–H and O–H groups in total. The van der Waals surface area contributed by atoms with Gasteiger partial charge in [0, 0.05) is 12.3 Å². The molecule has 80 valence electrons. The molecule has 0 aromatic carbocycles. The molecule has 0 spiro atoms. The predicted octanol–water partition coefficient (Wildman–Crippen LogP) is 0.453. The molecule has 1 fully saturated rings. The number of aromatic nitrogens is 2.